The number of nitrogens with one attached hydrogen (secondary N) is 1. The van der Waals surface area contributed by atoms with Crippen molar-refractivity contribution in [3.05, 3.63) is 35.6 Å². The van der Waals surface area contributed by atoms with Gasteiger partial charge in [-0.15, -0.1) is 0 Å². The van der Waals surface area contributed by atoms with Crippen molar-refractivity contribution in [3.63, 3.8) is 0 Å². The monoisotopic (exact) mass is 224 g/mol. The van der Waals surface area contributed by atoms with Crippen LogP contribution in [0.3, 0.4) is 0 Å². The van der Waals surface area contributed by atoms with Crippen molar-refractivity contribution in [1.82, 2.24) is 5.32 Å². The van der Waals surface area contributed by atoms with E-state index in [1.807, 2.05) is 12.1 Å². The number of nitrogens with two attached hydrogens (primary N) is 1. The van der Waals surface area contributed by atoms with E-state index in [1.54, 1.807) is 6.07 Å². The molecular weight excluding hydrogens is 203 g/mol. The summed E-state index contributed by atoms with van der Waals surface area (Å²) in [5, 5.41) is 3.35. The van der Waals surface area contributed by atoms with Crippen molar-refractivity contribution in [3.8, 4) is 0 Å². The summed E-state index contributed by atoms with van der Waals surface area (Å²) >= 11 is 0. The first-order valence-corrected chi connectivity index (χ1v) is 5.82. The van der Waals surface area contributed by atoms with Crippen molar-refractivity contribution in [2.75, 3.05) is 13.1 Å². The summed E-state index contributed by atoms with van der Waals surface area (Å²) in [7, 11) is 0. The summed E-state index contributed by atoms with van der Waals surface area (Å²) in [5.74, 6) is 0.342. The molecule has 0 radical (unpaired) electrons. The number of hydrogen-bond donors (Lipinski definition) is 2. The van der Waals surface area contributed by atoms with Crippen molar-refractivity contribution >= 4 is 0 Å². The predicted molar refractivity (Wildman–Crippen MR) is 65.8 cm³/mol. The normalized spacial score (nSPS) is 13.1. The van der Waals surface area contributed by atoms with Gasteiger partial charge in [0.1, 0.15) is 5.82 Å². The van der Waals surface area contributed by atoms with Crippen LogP contribution in [-0.4, -0.2) is 19.1 Å². The highest BCUT2D eigenvalue weighted by Crippen LogP contribution is 2.13. The lowest BCUT2D eigenvalue weighted by Crippen LogP contribution is -2.38. The smallest absolute Gasteiger partial charge is 0.126 e. The summed E-state index contributed by atoms with van der Waals surface area (Å²) in [4.78, 5) is 0. The second-order valence-corrected chi connectivity index (χ2v) is 4.39. The van der Waals surface area contributed by atoms with Crippen LogP contribution >= 0.6 is 0 Å². The summed E-state index contributed by atoms with van der Waals surface area (Å²) in [5.41, 5.74) is 6.23. The summed E-state index contributed by atoms with van der Waals surface area (Å²) < 4.78 is 13.5. The van der Waals surface area contributed by atoms with Crippen LogP contribution in [0.25, 0.3) is 0 Å². The minimum absolute atomic E-state index is 0.123. The van der Waals surface area contributed by atoms with E-state index in [2.05, 4.69) is 19.2 Å². The highest BCUT2D eigenvalue weighted by atomic mass is 19.1. The number of hydrogen-bond acceptors (Lipinski definition) is 2. The first-order chi connectivity index (χ1) is 7.65. The van der Waals surface area contributed by atoms with Crippen molar-refractivity contribution in [2.45, 2.75) is 26.3 Å². The molecule has 0 bridgehead atoms. The van der Waals surface area contributed by atoms with Gasteiger partial charge in [-0.3, -0.25) is 0 Å². The van der Waals surface area contributed by atoms with E-state index >= 15 is 0 Å². The van der Waals surface area contributed by atoms with Gasteiger partial charge in [-0.25, -0.2) is 4.39 Å². The van der Waals surface area contributed by atoms with Crippen LogP contribution in [0.1, 0.15) is 19.4 Å². The standard InChI is InChI=1S/C13H21FN2/c1-10(2)13(16-8-7-15)9-11-5-3-4-6-12(11)14/h3-6,10,13,16H,7-9,15H2,1-2H3. The van der Waals surface area contributed by atoms with Crippen molar-refractivity contribution in [2.24, 2.45) is 11.7 Å². The van der Waals surface area contributed by atoms with E-state index in [4.69, 9.17) is 5.73 Å². The zero-order chi connectivity index (χ0) is 12.0. The maximum Gasteiger partial charge on any atom is 0.126 e. The highest BCUT2D eigenvalue weighted by Gasteiger charge is 2.14. The maximum atomic E-state index is 13.5. The Morgan fingerprint density at radius 3 is 2.56 bits per heavy atom. The molecule has 1 aromatic rings. The van der Waals surface area contributed by atoms with Gasteiger partial charge in [0.05, 0.1) is 0 Å². The second-order valence-electron chi connectivity index (χ2n) is 4.39. The molecule has 1 unspecified atom stereocenters. The van der Waals surface area contributed by atoms with Gasteiger partial charge in [0, 0.05) is 19.1 Å². The average molecular weight is 224 g/mol. The molecule has 1 rings (SSSR count). The molecule has 1 atom stereocenters. The molecule has 0 aliphatic rings. The molecule has 0 saturated carbocycles. The molecule has 0 aromatic heterocycles. The fraction of sp³-hybridized carbons (Fsp3) is 0.538. The molecule has 0 spiro atoms. The van der Waals surface area contributed by atoms with Gasteiger partial charge in [0.2, 0.25) is 0 Å². The Bertz CT molecular complexity index is 313. The van der Waals surface area contributed by atoms with Crippen molar-refractivity contribution in [1.29, 1.82) is 0 Å². The van der Waals surface area contributed by atoms with Crippen LogP contribution in [0.2, 0.25) is 0 Å². The fourth-order valence-electron chi connectivity index (χ4n) is 1.71. The quantitative estimate of drug-likeness (QED) is 0.775. The molecule has 0 aliphatic heterocycles. The SMILES string of the molecule is CC(C)C(Cc1ccccc1F)NCCN. The van der Waals surface area contributed by atoms with Gasteiger partial charge in [-0.05, 0) is 24.0 Å². The Balaban J connectivity index is 2.64. The molecule has 0 heterocycles. The van der Waals surface area contributed by atoms with E-state index < -0.39 is 0 Å². The Kier molecular flexibility index (Phi) is 5.43. The molecule has 0 aliphatic carbocycles. The molecule has 16 heavy (non-hydrogen) atoms. The zero-order valence-corrected chi connectivity index (χ0v) is 10.0. The zero-order valence-electron chi connectivity index (χ0n) is 10.0. The maximum absolute atomic E-state index is 13.5. The lowest BCUT2D eigenvalue weighted by Gasteiger charge is -2.22. The Hall–Kier alpha value is -0.930. The molecule has 3 N–H and O–H groups in total. The Morgan fingerprint density at radius 2 is 2.00 bits per heavy atom. The van der Waals surface area contributed by atoms with Gasteiger partial charge in [-0.2, -0.15) is 0 Å². The third-order valence-electron chi connectivity index (χ3n) is 2.75. The largest absolute Gasteiger partial charge is 0.329 e. The molecule has 0 saturated heterocycles. The van der Waals surface area contributed by atoms with Crippen LogP contribution in [0.4, 0.5) is 4.39 Å². The minimum atomic E-state index is -0.123. The number of halogens is 1. The number of benzene rings is 1. The second kappa shape index (κ2) is 6.61. The molecule has 3 heteroatoms. The topological polar surface area (TPSA) is 38.0 Å². The van der Waals surface area contributed by atoms with Gasteiger partial charge in [-0.1, -0.05) is 32.0 Å². The van der Waals surface area contributed by atoms with Gasteiger partial charge in [0.25, 0.3) is 0 Å². The third kappa shape index (κ3) is 3.91. The summed E-state index contributed by atoms with van der Waals surface area (Å²) in [6.07, 6.45) is 0.713. The van der Waals surface area contributed by atoms with Crippen molar-refractivity contribution < 1.29 is 4.39 Å². The predicted octanol–water partition coefficient (Wildman–Crippen LogP) is 1.94. The molecule has 2 nitrogen and oxygen atoms in total. The average Bonchev–Trinajstić information content (AvgIpc) is 2.26. The fourth-order valence-corrected chi connectivity index (χ4v) is 1.71. The summed E-state index contributed by atoms with van der Waals surface area (Å²) in [6.45, 7) is 5.65. The lowest BCUT2D eigenvalue weighted by molar-refractivity contribution is 0.396. The molecular formula is C13H21FN2. The van der Waals surface area contributed by atoms with E-state index in [0.29, 0.717) is 18.9 Å². The molecule has 90 valence electrons. The molecule has 0 fully saturated rings. The van der Waals surface area contributed by atoms with Crippen LogP contribution in [0, 0.1) is 11.7 Å². The van der Waals surface area contributed by atoms with Crippen LogP contribution in [0.15, 0.2) is 24.3 Å². The Morgan fingerprint density at radius 1 is 1.31 bits per heavy atom. The third-order valence-corrected chi connectivity index (χ3v) is 2.75. The Labute approximate surface area is 97.0 Å². The first kappa shape index (κ1) is 13.1. The van der Waals surface area contributed by atoms with Crippen LogP contribution < -0.4 is 11.1 Å². The van der Waals surface area contributed by atoms with Crippen LogP contribution in [0.5, 0.6) is 0 Å². The van der Waals surface area contributed by atoms with Gasteiger partial charge < -0.3 is 11.1 Å². The first-order valence-electron chi connectivity index (χ1n) is 5.82. The molecule has 0 amide bonds. The van der Waals surface area contributed by atoms with E-state index in [9.17, 15) is 4.39 Å². The van der Waals surface area contributed by atoms with Gasteiger partial charge >= 0.3 is 0 Å². The van der Waals surface area contributed by atoms with Crippen LogP contribution in [-0.2, 0) is 6.42 Å². The van der Waals surface area contributed by atoms with E-state index in [0.717, 1.165) is 12.1 Å². The van der Waals surface area contributed by atoms with Gasteiger partial charge in [0.15, 0.2) is 0 Å². The summed E-state index contributed by atoms with van der Waals surface area (Å²) in [6, 6.07) is 7.22. The highest BCUT2D eigenvalue weighted by molar-refractivity contribution is 5.18. The van der Waals surface area contributed by atoms with E-state index in [1.165, 1.54) is 6.07 Å². The lowest BCUT2D eigenvalue weighted by atomic mass is 9.96. The minimum Gasteiger partial charge on any atom is -0.329 e. The van der Waals surface area contributed by atoms with E-state index in [-0.39, 0.29) is 11.9 Å². The number of rotatable bonds is 6. The molecule has 1 aromatic carbocycles.